The van der Waals surface area contributed by atoms with Crippen LogP contribution in [-0.2, 0) is 11.3 Å². The van der Waals surface area contributed by atoms with E-state index in [0.29, 0.717) is 22.9 Å². The molecule has 2 aromatic rings. The Morgan fingerprint density at radius 3 is 2.39 bits per heavy atom. The van der Waals surface area contributed by atoms with Gasteiger partial charge in [0.05, 0.1) is 22.4 Å². The molecule has 160 valence electrons. The topological polar surface area (TPSA) is 57.0 Å². The van der Waals surface area contributed by atoms with Gasteiger partial charge in [-0.05, 0) is 86.1 Å². The number of nitriles is 1. The van der Waals surface area contributed by atoms with Gasteiger partial charge in [-0.3, -0.25) is 4.79 Å². The van der Waals surface area contributed by atoms with Crippen molar-refractivity contribution in [3.63, 3.8) is 0 Å². The Labute approximate surface area is 186 Å². The molecule has 0 radical (unpaired) electrons. The van der Waals surface area contributed by atoms with Gasteiger partial charge in [0, 0.05) is 18.3 Å². The fraction of sp³-hybridized carbons (Fsp3) is 0.480. The first-order chi connectivity index (χ1) is 15.0. The first-order valence-corrected chi connectivity index (χ1v) is 12.1. The van der Waals surface area contributed by atoms with Crippen molar-refractivity contribution in [3.05, 3.63) is 59.5 Å². The van der Waals surface area contributed by atoms with Crippen molar-refractivity contribution in [2.45, 2.75) is 55.6 Å². The van der Waals surface area contributed by atoms with Crippen LogP contribution in [0.4, 0.5) is 4.39 Å². The maximum absolute atomic E-state index is 13.6. The highest BCUT2D eigenvalue weighted by molar-refractivity contribution is 7.99. The Bertz CT molecular complexity index is 981. The van der Waals surface area contributed by atoms with E-state index in [9.17, 15) is 9.18 Å². The number of halogens is 1. The number of nitrogens with zero attached hydrogens (tertiary/aromatic N) is 3. The number of benzene rings is 1. The number of rotatable bonds is 6. The van der Waals surface area contributed by atoms with Crippen molar-refractivity contribution in [1.82, 2.24) is 9.88 Å². The summed E-state index contributed by atoms with van der Waals surface area (Å²) >= 11 is 1.39. The molecule has 1 heterocycles. The zero-order valence-electron chi connectivity index (χ0n) is 17.5. The normalized spacial score (nSPS) is 28.3. The average molecular weight is 436 g/mol. The van der Waals surface area contributed by atoms with Crippen molar-refractivity contribution >= 4 is 17.7 Å². The number of carbonyl (C=O) groups is 1. The Morgan fingerprint density at radius 1 is 1.13 bits per heavy atom. The Morgan fingerprint density at radius 2 is 1.77 bits per heavy atom. The molecular weight excluding hydrogens is 409 g/mol. The summed E-state index contributed by atoms with van der Waals surface area (Å²) < 4.78 is 13.5. The predicted molar refractivity (Wildman–Crippen MR) is 118 cm³/mol. The highest BCUT2D eigenvalue weighted by Gasteiger charge is 2.54. The third-order valence-electron chi connectivity index (χ3n) is 7.34. The maximum Gasteiger partial charge on any atom is 0.233 e. The molecule has 6 rings (SSSR count). The van der Waals surface area contributed by atoms with Crippen LogP contribution in [0.25, 0.3) is 0 Å². The molecule has 31 heavy (non-hydrogen) atoms. The van der Waals surface area contributed by atoms with E-state index >= 15 is 0 Å². The van der Waals surface area contributed by atoms with Gasteiger partial charge in [-0.25, -0.2) is 9.37 Å². The molecule has 0 aliphatic heterocycles. The zero-order valence-corrected chi connectivity index (χ0v) is 18.3. The summed E-state index contributed by atoms with van der Waals surface area (Å²) in [6, 6.07) is 12.1. The van der Waals surface area contributed by atoms with Gasteiger partial charge in [0.2, 0.25) is 5.91 Å². The van der Waals surface area contributed by atoms with Crippen molar-refractivity contribution in [1.29, 1.82) is 5.26 Å². The number of aromatic nitrogens is 1. The first-order valence-electron chi connectivity index (χ1n) is 11.1. The van der Waals surface area contributed by atoms with E-state index in [0.717, 1.165) is 42.6 Å². The minimum atomic E-state index is -0.254. The van der Waals surface area contributed by atoms with E-state index < -0.39 is 0 Å². The lowest BCUT2D eigenvalue weighted by atomic mass is 9.52. The van der Waals surface area contributed by atoms with Gasteiger partial charge in [0.1, 0.15) is 5.82 Å². The van der Waals surface area contributed by atoms with Crippen LogP contribution in [0.15, 0.2) is 47.6 Å². The van der Waals surface area contributed by atoms with E-state index in [2.05, 4.69) is 16.0 Å². The van der Waals surface area contributed by atoms with E-state index in [4.69, 9.17) is 5.26 Å². The van der Waals surface area contributed by atoms with E-state index in [-0.39, 0.29) is 17.3 Å². The van der Waals surface area contributed by atoms with Crippen LogP contribution < -0.4 is 0 Å². The fourth-order valence-electron chi connectivity index (χ4n) is 6.46. The molecule has 4 aliphatic carbocycles. The summed E-state index contributed by atoms with van der Waals surface area (Å²) in [5.74, 6) is 2.35. The monoisotopic (exact) mass is 435 g/mol. The highest BCUT2D eigenvalue weighted by atomic mass is 32.2. The molecule has 0 saturated heterocycles. The van der Waals surface area contributed by atoms with Crippen LogP contribution in [-0.4, -0.2) is 27.1 Å². The lowest BCUT2D eigenvalue weighted by Crippen LogP contribution is -2.61. The summed E-state index contributed by atoms with van der Waals surface area (Å²) in [7, 11) is 0. The molecule has 4 fully saturated rings. The minimum Gasteiger partial charge on any atom is -0.332 e. The second kappa shape index (κ2) is 8.27. The number of hydrogen-bond donors (Lipinski definition) is 0. The number of thioether (sulfide) groups is 1. The Hall–Kier alpha value is -2.39. The number of pyridine rings is 1. The van der Waals surface area contributed by atoms with Gasteiger partial charge < -0.3 is 4.90 Å². The maximum atomic E-state index is 13.6. The molecule has 1 aromatic carbocycles. The Balaban J connectivity index is 1.39. The SMILES string of the molecule is N#Cc1ccnc(SCC(=O)N(Cc2ccc(F)cc2)C23CC4CC(CC(C4)C2)C3)c1. The molecule has 6 heteroatoms. The highest BCUT2D eigenvalue weighted by Crippen LogP contribution is 2.58. The second-order valence-electron chi connectivity index (χ2n) is 9.53. The van der Waals surface area contributed by atoms with Crippen molar-refractivity contribution in [3.8, 4) is 6.07 Å². The van der Waals surface area contributed by atoms with Crippen LogP contribution in [0.2, 0.25) is 0 Å². The standard InChI is InChI=1S/C25H26FN3OS/c26-22-3-1-17(2-4-22)15-29(24(30)16-31-23-10-18(14-27)5-6-28-23)25-11-19-7-20(12-25)9-21(8-19)13-25/h1-6,10,19-21H,7-9,11-13,15-16H2. The van der Waals surface area contributed by atoms with Crippen molar-refractivity contribution < 1.29 is 9.18 Å². The molecule has 0 N–H and O–H groups in total. The zero-order chi connectivity index (χ0) is 21.4. The first kappa shape index (κ1) is 20.5. The number of hydrogen-bond acceptors (Lipinski definition) is 4. The van der Waals surface area contributed by atoms with Crippen LogP contribution in [0.3, 0.4) is 0 Å². The number of amides is 1. The van der Waals surface area contributed by atoms with Crippen molar-refractivity contribution in [2.75, 3.05) is 5.75 Å². The van der Waals surface area contributed by atoms with Gasteiger partial charge >= 0.3 is 0 Å². The lowest BCUT2D eigenvalue weighted by molar-refractivity contribution is -0.149. The Kier molecular flexibility index (Phi) is 5.47. The van der Waals surface area contributed by atoms with Gasteiger partial charge in [-0.2, -0.15) is 5.26 Å². The molecule has 0 unspecified atom stereocenters. The quantitative estimate of drug-likeness (QED) is 0.587. The largest absolute Gasteiger partial charge is 0.332 e. The van der Waals surface area contributed by atoms with Crippen LogP contribution in [0.1, 0.15) is 49.7 Å². The summed E-state index contributed by atoms with van der Waals surface area (Å²) in [6.45, 7) is 0.525. The fourth-order valence-corrected chi connectivity index (χ4v) is 7.23. The summed E-state index contributed by atoms with van der Waals surface area (Å²) in [5, 5.41) is 9.81. The molecule has 1 aromatic heterocycles. The summed E-state index contributed by atoms with van der Waals surface area (Å²) in [4.78, 5) is 20.0. The predicted octanol–water partition coefficient (Wildman–Crippen LogP) is 5.18. The summed E-state index contributed by atoms with van der Waals surface area (Å²) in [6.07, 6.45) is 8.85. The van der Waals surface area contributed by atoms with Crippen LogP contribution in [0.5, 0.6) is 0 Å². The van der Waals surface area contributed by atoms with Gasteiger partial charge in [0.25, 0.3) is 0 Å². The van der Waals surface area contributed by atoms with E-state index in [1.807, 2.05) is 0 Å². The third-order valence-corrected chi connectivity index (χ3v) is 8.25. The molecule has 4 saturated carbocycles. The van der Waals surface area contributed by atoms with Crippen LogP contribution >= 0.6 is 11.8 Å². The molecule has 4 aliphatic rings. The van der Waals surface area contributed by atoms with Crippen molar-refractivity contribution in [2.24, 2.45) is 17.8 Å². The smallest absolute Gasteiger partial charge is 0.233 e. The second-order valence-corrected chi connectivity index (χ2v) is 10.5. The van der Waals surface area contributed by atoms with Gasteiger partial charge in [0.15, 0.2) is 0 Å². The number of carbonyl (C=O) groups excluding carboxylic acids is 1. The van der Waals surface area contributed by atoms with Gasteiger partial charge in [-0.1, -0.05) is 23.9 Å². The average Bonchev–Trinajstić information content (AvgIpc) is 2.76. The minimum absolute atomic E-state index is 0.0668. The third kappa shape index (κ3) is 4.21. The molecule has 4 bridgehead atoms. The van der Waals surface area contributed by atoms with E-state index in [1.54, 1.807) is 30.5 Å². The lowest BCUT2D eigenvalue weighted by Gasteiger charge is -2.60. The molecule has 4 nitrogen and oxygen atoms in total. The van der Waals surface area contributed by atoms with Crippen LogP contribution in [0, 0.1) is 34.9 Å². The van der Waals surface area contributed by atoms with E-state index in [1.165, 1.54) is 43.2 Å². The molecule has 1 amide bonds. The van der Waals surface area contributed by atoms with Gasteiger partial charge in [-0.15, -0.1) is 0 Å². The molecule has 0 spiro atoms. The summed E-state index contributed by atoms with van der Waals surface area (Å²) in [5.41, 5.74) is 1.46. The molecular formula is C25H26FN3OS. The molecule has 0 atom stereocenters.